The average molecular weight is 438 g/mol. The molecule has 8 heteroatoms. The first kappa shape index (κ1) is 20.8. The molecule has 2 aromatic carbocycles. The van der Waals surface area contributed by atoms with Crippen LogP contribution in [-0.2, 0) is 17.8 Å². The van der Waals surface area contributed by atoms with Crippen LogP contribution in [0.2, 0.25) is 5.02 Å². The standard InChI is InChI=1S/C20H20ClNO4S2/c1-24-14-6-4-12(5-7-14)11-22-19(23)18(28-20(22)27)9-13-8-16(25-2)17(26-3)10-15(13)21/h4-8,10,18H,9,11H2,1-3H3/t18-/m0/s1. The van der Waals surface area contributed by atoms with Gasteiger partial charge in [-0.25, -0.2) is 0 Å². The molecule has 0 radical (unpaired) electrons. The number of rotatable bonds is 7. The zero-order valence-electron chi connectivity index (χ0n) is 15.7. The maximum Gasteiger partial charge on any atom is 0.242 e. The molecule has 3 rings (SSSR count). The first-order valence-corrected chi connectivity index (χ1v) is 10.2. The summed E-state index contributed by atoms with van der Waals surface area (Å²) in [6.45, 7) is 0.435. The number of methoxy groups -OCH3 is 3. The second-order valence-corrected chi connectivity index (χ2v) is 8.39. The van der Waals surface area contributed by atoms with Crippen LogP contribution in [0.4, 0.5) is 0 Å². The van der Waals surface area contributed by atoms with Gasteiger partial charge in [0.25, 0.3) is 0 Å². The molecule has 5 nitrogen and oxygen atoms in total. The molecule has 0 N–H and O–H groups in total. The number of halogens is 1. The van der Waals surface area contributed by atoms with Gasteiger partial charge >= 0.3 is 0 Å². The minimum atomic E-state index is -0.318. The van der Waals surface area contributed by atoms with E-state index < -0.39 is 0 Å². The quantitative estimate of drug-likeness (QED) is 0.600. The van der Waals surface area contributed by atoms with Gasteiger partial charge in [0.05, 0.1) is 33.1 Å². The summed E-state index contributed by atoms with van der Waals surface area (Å²) >= 11 is 13.2. The molecule has 0 unspecified atom stereocenters. The molecule has 1 aliphatic rings. The van der Waals surface area contributed by atoms with Crippen LogP contribution in [0.15, 0.2) is 36.4 Å². The van der Waals surface area contributed by atoms with E-state index >= 15 is 0 Å². The van der Waals surface area contributed by atoms with Crippen molar-refractivity contribution in [1.82, 2.24) is 4.90 Å². The van der Waals surface area contributed by atoms with Crippen LogP contribution < -0.4 is 14.2 Å². The molecule has 1 amide bonds. The molecule has 1 heterocycles. The third-order valence-corrected chi connectivity index (χ3v) is 6.40. The fourth-order valence-electron chi connectivity index (χ4n) is 2.94. The van der Waals surface area contributed by atoms with Crippen molar-refractivity contribution in [2.24, 2.45) is 0 Å². The molecule has 0 bridgehead atoms. The first-order valence-electron chi connectivity index (χ1n) is 8.52. The van der Waals surface area contributed by atoms with Crippen molar-refractivity contribution in [3.8, 4) is 17.2 Å². The molecular formula is C20H20ClNO4S2. The highest BCUT2D eigenvalue weighted by Crippen LogP contribution is 2.37. The summed E-state index contributed by atoms with van der Waals surface area (Å²) in [6, 6.07) is 11.1. The molecule has 2 aromatic rings. The maximum atomic E-state index is 12.9. The highest BCUT2D eigenvalue weighted by atomic mass is 35.5. The molecular weight excluding hydrogens is 418 g/mol. The Labute approximate surface area is 178 Å². The summed E-state index contributed by atoms with van der Waals surface area (Å²) in [7, 11) is 4.74. The van der Waals surface area contributed by atoms with Crippen molar-refractivity contribution >= 4 is 45.8 Å². The Balaban J connectivity index is 1.74. The number of nitrogens with zero attached hydrogens (tertiary/aromatic N) is 1. The first-order chi connectivity index (χ1) is 13.5. The lowest BCUT2D eigenvalue weighted by molar-refractivity contribution is -0.126. The molecule has 1 saturated heterocycles. The Bertz CT molecular complexity index is 889. The smallest absolute Gasteiger partial charge is 0.242 e. The van der Waals surface area contributed by atoms with E-state index in [4.69, 9.17) is 38.0 Å². The lowest BCUT2D eigenvalue weighted by Crippen LogP contribution is -2.31. The molecule has 0 aliphatic carbocycles. The van der Waals surface area contributed by atoms with E-state index in [-0.39, 0.29) is 11.2 Å². The van der Waals surface area contributed by atoms with E-state index in [9.17, 15) is 4.79 Å². The number of ether oxygens (including phenoxy) is 3. The third-order valence-electron chi connectivity index (χ3n) is 4.46. The summed E-state index contributed by atoms with van der Waals surface area (Å²) in [6.07, 6.45) is 0.460. The van der Waals surface area contributed by atoms with Gasteiger partial charge in [0.15, 0.2) is 11.5 Å². The number of carbonyl (C=O) groups is 1. The normalized spacial score (nSPS) is 16.4. The average Bonchev–Trinajstić information content (AvgIpc) is 2.97. The topological polar surface area (TPSA) is 48.0 Å². The molecule has 0 spiro atoms. The van der Waals surface area contributed by atoms with Gasteiger partial charge in [-0.3, -0.25) is 9.69 Å². The molecule has 1 fully saturated rings. The third kappa shape index (κ3) is 4.37. The number of benzene rings is 2. The second-order valence-electron chi connectivity index (χ2n) is 6.15. The fourth-order valence-corrected chi connectivity index (χ4v) is 4.69. The minimum absolute atomic E-state index is 0.0170. The van der Waals surface area contributed by atoms with Gasteiger partial charge < -0.3 is 14.2 Å². The predicted octanol–water partition coefficient (Wildman–Crippen LogP) is 4.34. The van der Waals surface area contributed by atoms with Crippen LogP contribution in [0.5, 0.6) is 17.2 Å². The Morgan fingerprint density at radius 2 is 1.71 bits per heavy atom. The van der Waals surface area contributed by atoms with Crippen molar-refractivity contribution in [2.45, 2.75) is 18.2 Å². The Morgan fingerprint density at radius 1 is 1.07 bits per heavy atom. The van der Waals surface area contributed by atoms with Gasteiger partial charge in [0.2, 0.25) is 5.91 Å². The van der Waals surface area contributed by atoms with Gasteiger partial charge in [0.1, 0.15) is 10.1 Å². The van der Waals surface area contributed by atoms with Gasteiger partial charge in [-0.15, -0.1) is 0 Å². The summed E-state index contributed by atoms with van der Waals surface area (Å²) in [5.74, 6) is 1.89. The second kappa shape index (κ2) is 9.03. The number of amides is 1. The summed E-state index contributed by atoms with van der Waals surface area (Å²) in [4.78, 5) is 14.6. The van der Waals surface area contributed by atoms with Crippen LogP contribution in [0.1, 0.15) is 11.1 Å². The highest BCUT2D eigenvalue weighted by molar-refractivity contribution is 8.24. The largest absolute Gasteiger partial charge is 0.497 e. The van der Waals surface area contributed by atoms with Crippen molar-refractivity contribution in [1.29, 1.82) is 0 Å². The monoisotopic (exact) mass is 437 g/mol. The lowest BCUT2D eigenvalue weighted by atomic mass is 10.1. The minimum Gasteiger partial charge on any atom is -0.497 e. The number of thioether (sulfide) groups is 1. The summed E-state index contributed by atoms with van der Waals surface area (Å²) in [5, 5.41) is 0.215. The Morgan fingerprint density at radius 3 is 2.32 bits per heavy atom. The van der Waals surface area contributed by atoms with Gasteiger partial charge in [0, 0.05) is 11.1 Å². The van der Waals surface area contributed by atoms with E-state index in [0.29, 0.717) is 33.8 Å². The van der Waals surface area contributed by atoms with E-state index in [0.717, 1.165) is 16.9 Å². The lowest BCUT2D eigenvalue weighted by Gasteiger charge is -2.16. The number of carbonyl (C=O) groups excluding carboxylic acids is 1. The van der Waals surface area contributed by atoms with Crippen LogP contribution in [0.3, 0.4) is 0 Å². The van der Waals surface area contributed by atoms with Crippen LogP contribution in [-0.4, -0.2) is 41.7 Å². The molecule has 0 saturated carbocycles. The molecule has 28 heavy (non-hydrogen) atoms. The van der Waals surface area contributed by atoms with E-state index in [2.05, 4.69) is 0 Å². The van der Waals surface area contributed by atoms with Crippen molar-refractivity contribution in [3.63, 3.8) is 0 Å². The van der Waals surface area contributed by atoms with Crippen molar-refractivity contribution in [3.05, 3.63) is 52.5 Å². The van der Waals surface area contributed by atoms with Gasteiger partial charge in [-0.05, 0) is 35.7 Å². The molecule has 0 aromatic heterocycles. The zero-order valence-corrected chi connectivity index (χ0v) is 18.1. The fraction of sp³-hybridized carbons (Fsp3) is 0.300. The van der Waals surface area contributed by atoms with Crippen LogP contribution >= 0.6 is 35.6 Å². The highest BCUT2D eigenvalue weighted by Gasteiger charge is 2.37. The van der Waals surface area contributed by atoms with Crippen LogP contribution in [0.25, 0.3) is 0 Å². The Hall–Kier alpha value is -1.96. The maximum absolute atomic E-state index is 12.9. The SMILES string of the molecule is COc1ccc(CN2C(=O)[C@H](Cc3cc(OC)c(OC)cc3Cl)SC2=S)cc1. The van der Waals surface area contributed by atoms with E-state index in [1.165, 1.54) is 11.8 Å². The van der Waals surface area contributed by atoms with E-state index in [1.807, 2.05) is 30.3 Å². The molecule has 148 valence electrons. The Kier molecular flexibility index (Phi) is 6.69. The zero-order chi connectivity index (χ0) is 20.3. The predicted molar refractivity (Wildman–Crippen MR) is 116 cm³/mol. The van der Waals surface area contributed by atoms with Crippen molar-refractivity contribution < 1.29 is 19.0 Å². The number of hydrogen-bond acceptors (Lipinski definition) is 6. The number of thiocarbonyl (C=S) groups is 1. The summed E-state index contributed by atoms with van der Waals surface area (Å²) < 4.78 is 16.3. The van der Waals surface area contributed by atoms with Gasteiger partial charge in [-0.1, -0.05) is 47.7 Å². The molecule has 1 atom stereocenters. The summed E-state index contributed by atoms with van der Waals surface area (Å²) in [5.41, 5.74) is 1.81. The van der Waals surface area contributed by atoms with Gasteiger partial charge in [-0.2, -0.15) is 0 Å². The molecule has 1 aliphatic heterocycles. The number of hydrogen-bond donors (Lipinski definition) is 0. The van der Waals surface area contributed by atoms with E-state index in [1.54, 1.807) is 32.3 Å². The van der Waals surface area contributed by atoms with Crippen LogP contribution in [0, 0.1) is 0 Å². The van der Waals surface area contributed by atoms with Crippen molar-refractivity contribution in [2.75, 3.05) is 21.3 Å².